The Labute approximate surface area is 183 Å². The minimum absolute atomic E-state index is 0.121. The molecule has 0 N–H and O–H groups in total. The average Bonchev–Trinajstić information content (AvgIpc) is 3.32. The van der Waals surface area contributed by atoms with Crippen LogP contribution < -0.4 is 5.06 Å². The molecule has 2 saturated heterocycles. The number of carbonyl (C=O) groups excluding carboxylic acids is 2. The van der Waals surface area contributed by atoms with Crippen LogP contribution in [-0.4, -0.2) is 27.7 Å². The molecule has 2 heterocycles. The monoisotopic (exact) mass is 429 g/mol. The van der Waals surface area contributed by atoms with Gasteiger partial charge < -0.3 is 0 Å². The molecule has 0 aliphatic carbocycles. The maximum Gasteiger partial charge on any atom is 0.274 e. The van der Waals surface area contributed by atoms with Gasteiger partial charge in [-0.15, -0.1) is 0 Å². The van der Waals surface area contributed by atoms with Crippen LogP contribution in [0, 0.1) is 16.0 Å². The Morgan fingerprint density at radius 1 is 0.844 bits per heavy atom. The first kappa shape index (κ1) is 19.9. The van der Waals surface area contributed by atoms with E-state index in [1.807, 2.05) is 36.4 Å². The van der Waals surface area contributed by atoms with E-state index in [9.17, 15) is 19.7 Å². The quantitative estimate of drug-likeness (QED) is 0.349. The highest BCUT2D eigenvalue weighted by Crippen LogP contribution is 2.48. The van der Waals surface area contributed by atoms with Crippen LogP contribution in [0.4, 0.5) is 11.4 Å². The number of anilines is 1. The van der Waals surface area contributed by atoms with E-state index >= 15 is 0 Å². The minimum Gasteiger partial charge on any atom is -0.275 e. The van der Waals surface area contributed by atoms with Crippen molar-refractivity contribution in [3.8, 4) is 0 Å². The minimum atomic E-state index is -1.05. The number of nitro groups is 1. The molecule has 160 valence electrons. The molecule has 3 aromatic rings. The Balaban J connectivity index is 1.58. The lowest BCUT2D eigenvalue weighted by Gasteiger charge is -2.28. The van der Waals surface area contributed by atoms with Gasteiger partial charge >= 0.3 is 0 Å². The molecule has 2 aliphatic heterocycles. The summed E-state index contributed by atoms with van der Waals surface area (Å²) in [5.74, 6) is -1.73. The summed E-state index contributed by atoms with van der Waals surface area (Å²) < 4.78 is 0. The second kappa shape index (κ2) is 7.90. The lowest BCUT2D eigenvalue weighted by atomic mass is 9.89. The summed E-state index contributed by atoms with van der Waals surface area (Å²) in [6.07, 6.45) is -1.05. The summed E-state index contributed by atoms with van der Waals surface area (Å²) in [7, 11) is 0. The van der Waals surface area contributed by atoms with E-state index < -0.39 is 34.8 Å². The highest BCUT2D eigenvalue weighted by molar-refractivity contribution is 6.07. The maximum atomic E-state index is 13.5. The van der Waals surface area contributed by atoms with Crippen molar-refractivity contribution >= 4 is 23.2 Å². The lowest BCUT2D eigenvalue weighted by Crippen LogP contribution is -2.37. The molecule has 0 unspecified atom stereocenters. The molecule has 3 atom stereocenters. The van der Waals surface area contributed by atoms with E-state index in [2.05, 4.69) is 0 Å². The third-order valence-electron chi connectivity index (χ3n) is 5.85. The summed E-state index contributed by atoms with van der Waals surface area (Å²) in [5, 5.41) is 13.2. The zero-order chi connectivity index (χ0) is 22.2. The van der Waals surface area contributed by atoms with Gasteiger partial charge in [0.1, 0.15) is 12.0 Å². The van der Waals surface area contributed by atoms with Crippen molar-refractivity contribution in [1.29, 1.82) is 0 Å². The molecule has 0 spiro atoms. The Bertz CT molecular complexity index is 1180. The van der Waals surface area contributed by atoms with Gasteiger partial charge in [-0.2, -0.15) is 0 Å². The Kier molecular flexibility index (Phi) is 4.91. The van der Waals surface area contributed by atoms with Gasteiger partial charge in [-0.05, 0) is 23.8 Å². The highest BCUT2D eigenvalue weighted by atomic mass is 16.7. The number of hydrogen-bond donors (Lipinski definition) is 0. The van der Waals surface area contributed by atoms with Gasteiger partial charge in [0.05, 0.1) is 22.7 Å². The predicted molar refractivity (Wildman–Crippen MR) is 115 cm³/mol. The highest BCUT2D eigenvalue weighted by Gasteiger charge is 2.60. The molecule has 5 rings (SSSR count). The molecule has 2 aliphatic rings. The van der Waals surface area contributed by atoms with Gasteiger partial charge in [0.25, 0.3) is 11.6 Å². The number of rotatable bonds is 5. The van der Waals surface area contributed by atoms with E-state index in [4.69, 9.17) is 4.84 Å². The second-order valence-electron chi connectivity index (χ2n) is 7.72. The third-order valence-corrected chi connectivity index (χ3v) is 5.85. The van der Waals surface area contributed by atoms with Crippen LogP contribution in [0.2, 0.25) is 0 Å². The Morgan fingerprint density at radius 2 is 1.47 bits per heavy atom. The zero-order valence-electron chi connectivity index (χ0n) is 16.9. The molecular weight excluding hydrogens is 410 g/mol. The maximum absolute atomic E-state index is 13.5. The fourth-order valence-corrected chi connectivity index (χ4v) is 4.41. The van der Waals surface area contributed by atoms with Crippen LogP contribution in [0.25, 0.3) is 0 Å². The molecule has 0 saturated carbocycles. The summed E-state index contributed by atoms with van der Waals surface area (Å²) >= 11 is 0. The van der Waals surface area contributed by atoms with Crippen molar-refractivity contribution in [2.24, 2.45) is 5.92 Å². The van der Waals surface area contributed by atoms with Crippen LogP contribution in [0.1, 0.15) is 17.2 Å². The van der Waals surface area contributed by atoms with Crippen LogP contribution in [0.5, 0.6) is 0 Å². The molecular formula is C24H19N3O5. The van der Waals surface area contributed by atoms with Crippen molar-refractivity contribution in [3.63, 3.8) is 0 Å². The first-order chi connectivity index (χ1) is 15.6. The number of fused-ring (bicyclic) bond motifs is 1. The first-order valence-corrected chi connectivity index (χ1v) is 10.2. The van der Waals surface area contributed by atoms with Gasteiger partial charge in [0.15, 0.2) is 6.10 Å². The van der Waals surface area contributed by atoms with E-state index in [1.165, 1.54) is 16.0 Å². The predicted octanol–water partition coefficient (Wildman–Crippen LogP) is 3.64. The van der Waals surface area contributed by atoms with Crippen molar-refractivity contribution in [1.82, 2.24) is 4.90 Å². The number of amides is 2. The molecule has 2 amide bonds. The van der Waals surface area contributed by atoms with Gasteiger partial charge in [0.2, 0.25) is 5.91 Å². The number of para-hydroxylation sites is 2. The molecule has 0 bridgehead atoms. The molecule has 32 heavy (non-hydrogen) atoms. The molecule has 3 aromatic carbocycles. The Morgan fingerprint density at radius 3 is 2.16 bits per heavy atom. The fourth-order valence-electron chi connectivity index (χ4n) is 4.41. The third kappa shape index (κ3) is 3.21. The van der Waals surface area contributed by atoms with E-state index in [1.54, 1.807) is 42.5 Å². The fraction of sp³-hybridized carbons (Fsp3) is 0.167. The smallest absolute Gasteiger partial charge is 0.274 e. The van der Waals surface area contributed by atoms with E-state index in [0.717, 1.165) is 5.56 Å². The van der Waals surface area contributed by atoms with Gasteiger partial charge in [-0.3, -0.25) is 29.4 Å². The van der Waals surface area contributed by atoms with Gasteiger partial charge in [-0.25, -0.2) is 5.06 Å². The standard InChI is InChI=1S/C24H19N3O5/c28-23-20-21(18-13-7-8-14-19(18)27(30)31)26(17-11-5-2-6-12-17)32-22(20)24(29)25(23)15-16-9-3-1-4-10-16/h1-14,20-22H,15H2/t20-,21-,22-/m1/s1. The number of hydrogen-bond acceptors (Lipinski definition) is 6. The van der Waals surface area contributed by atoms with Crippen molar-refractivity contribution in [3.05, 3.63) is 106 Å². The summed E-state index contributed by atoms with van der Waals surface area (Å²) in [4.78, 5) is 45.1. The topological polar surface area (TPSA) is 93.0 Å². The normalized spacial score (nSPS) is 22.3. The molecule has 0 aromatic heterocycles. The number of likely N-dealkylation sites (tertiary alicyclic amines) is 1. The average molecular weight is 429 g/mol. The van der Waals surface area contributed by atoms with Crippen molar-refractivity contribution in [2.75, 3.05) is 5.06 Å². The molecule has 0 radical (unpaired) electrons. The van der Waals surface area contributed by atoms with Crippen LogP contribution in [-0.2, 0) is 21.0 Å². The first-order valence-electron chi connectivity index (χ1n) is 10.2. The van der Waals surface area contributed by atoms with Crippen LogP contribution >= 0.6 is 0 Å². The van der Waals surface area contributed by atoms with Gasteiger partial charge in [0, 0.05) is 6.07 Å². The number of nitro benzene ring substituents is 1. The zero-order valence-corrected chi connectivity index (χ0v) is 16.9. The molecule has 8 heteroatoms. The SMILES string of the molecule is O=C1[C@@H]2[C@@H](c3ccccc3[N+](=O)[O-])N(c3ccccc3)O[C@H]2C(=O)N1Cc1ccccc1. The summed E-state index contributed by atoms with van der Waals surface area (Å²) in [5.41, 5.74) is 1.64. The number of hydroxylamine groups is 1. The van der Waals surface area contributed by atoms with Gasteiger partial charge in [-0.1, -0.05) is 60.7 Å². The Hall–Kier alpha value is -4.04. The van der Waals surface area contributed by atoms with Crippen LogP contribution in [0.3, 0.4) is 0 Å². The number of carbonyl (C=O) groups is 2. The molecule has 2 fully saturated rings. The number of benzene rings is 3. The summed E-state index contributed by atoms with van der Waals surface area (Å²) in [6.45, 7) is 0.129. The lowest BCUT2D eigenvalue weighted by molar-refractivity contribution is -0.385. The van der Waals surface area contributed by atoms with E-state index in [0.29, 0.717) is 11.3 Å². The second-order valence-corrected chi connectivity index (χ2v) is 7.72. The molecule has 8 nitrogen and oxygen atoms in total. The summed E-state index contributed by atoms with van der Waals surface area (Å²) in [6, 6.07) is 23.6. The number of nitrogens with zero attached hydrogens (tertiary/aromatic N) is 3. The van der Waals surface area contributed by atoms with Crippen LogP contribution in [0.15, 0.2) is 84.9 Å². The van der Waals surface area contributed by atoms with Crippen molar-refractivity contribution in [2.45, 2.75) is 18.7 Å². The number of imide groups is 1. The van der Waals surface area contributed by atoms with E-state index in [-0.39, 0.29) is 12.2 Å². The largest absolute Gasteiger partial charge is 0.275 e. The van der Waals surface area contributed by atoms with Crippen molar-refractivity contribution < 1.29 is 19.3 Å².